The summed E-state index contributed by atoms with van der Waals surface area (Å²) < 4.78 is 31.3. The van der Waals surface area contributed by atoms with Crippen molar-refractivity contribution in [2.45, 2.75) is 6.42 Å². The van der Waals surface area contributed by atoms with Gasteiger partial charge < -0.3 is 15.0 Å². The van der Waals surface area contributed by atoms with Crippen LogP contribution in [-0.4, -0.2) is 24.5 Å². The molecule has 1 amide bonds. The molecule has 0 atom stereocenters. The van der Waals surface area contributed by atoms with Gasteiger partial charge in [-0.05, 0) is 48.4 Å². The molecule has 0 fully saturated rings. The van der Waals surface area contributed by atoms with E-state index in [-0.39, 0.29) is 5.56 Å². The Bertz CT molecular complexity index is 890. The number of nitrogens with one attached hydrogen (secondary N) is 2. The number of aromatic nitrogens is 1. The number of carbonyl (C=O) groups is 1. The van der Waals surface area contributed by atoms with Gasteiger partial charge in [-0.1, -0.05) is 0 Å². The van der Waals surface area contributed by atoms with E-state index in [1.54, 1.807) is 7.11 Å². The Labute approximate surface area is 137 Å². The maximum absolute atomic E-state index is 13.2. The standard InChI is InChI=1S/C18H16F2N2O2/c1-24-13-3-5-17-14(9-13)12(10-22-17)6-7-21-18(23)11-2-4-15(19)16(20)8-11/h2-5,8-10,22H,6-7H2,1H3,(H,21,23). The molecule has 2 N–H and O–H groups in total. The zero-order valence-corrected chi connectivity index (χ0v) is 13.0. The average molecular weight is 330 g/mol. The Morgan fingerprint density at radius 2 is 2.00 bits per heavy atom. The van der Waals surface area contributed by atoms with Gasteiger partial charge in [-0.15, -0.1) is 0 Å². The summed E-state index contributed by atoms with van der Waals surface area (Å²) in [6.07, 6.45) is 2.48. The van der Waals surface area contributed by atoms with E-state index in [1.807, 2.05) is 24.4 Å². The molecule has 4 nitrogen and oxygen atoms in total. The van der Waals surface area contributed by atoms with Crippen molar-refractivity contribution >= 4 is 16.8 Å². The second-order valence-corrected chi connectivity index (χ2v) is 5.36. The number of methoxy groups -OCH3 is 1. The van der Waals surface area contributed by atoms with Crippen LogP contribution in [-0.2, 0) is 6.42 Å². The number of benzene rings is 2. The topological polar surface area (TPSA) is 54.1 Å². The predicted octanol–water partition coefficient (Wildman–Crippen LogP) is 3.43. The first-order valence-corrected chi connectivity index (χ1v) is 7.45. The highest BCUT2D eigenvalue weighted by atomic mass is 19.2. The SMILES string of the molecule is COc1ccc2[nH]cc(CCNC(=O)c3ccc(F)c(F)c3)c2c1. The molecule has 0 spiro atoms. The second kappa shape index (κ2) is 6.70. The minimum absolute atomic E-state index is 0.0921. The molecule has 0 aliphatic heterocycles. The molecule has 124 valence electrons. The molecule has 0 aliphatic carbocycles. The average Bonchev–Trinajstić information content (AvgIpc) is 2.99. The van der Waals surface area contributed by atoms with Crippen molar-refractivity contribution in [3.63, 3.8) is 0 Å². The van der Waals surface area contributed by atoms with E-state index in [0.29, 0.717) is 13.0 Å². The first-order chi connectivity index (χ1) is 11.6. The Morgan fingerprint density at radius 3 is 2.75 bits per heavy atom. The Kier molecular flexibility index (Phi) is 4.46. The monoisotopic (exact) mass is 330 g/mol. The zero-order chi connectivity index (χ0) is 17.1. The molecule has 0 aliphatic rings. The molecule has 0 bridgehead atoms. The Balaban J connectivity index is 1.65. The summed E-state index contributed by atoms with van der Waals surface area (Å²) in [5.74, 6) is -1.69. The van der Waals surface area contributed by atoms with Gasteiger partial charge in [-0.2, -0.15) is 0 Å². The lowest BCUT2D eigenvalue weighted by molar-refractivity contribution is 0.0953. The Morgan fingerprint density at radius 1 is 1.17 bits per heavy atom. The first-order valence-electron chi connectivity index (χ1n) is 7.45. The van der Waals surface area contributed by atoms with Crippen molar-refractivity contribution in [1.82, 2.24) is 10.3 Å². The molecule has 2 aromatic carbocycles. The number of aromatic amines is 1. The fourth-order valence-corrected chi connectivity index (χ4v) is 2.54. The van der Waals surface area contributed by atoms with Gasteiger partial charge in [0, 0.05) is 29.2 Å². The second-order valence-electron chi connectivity index (χ2n) is 5.36. The number of fused-ring (bicyclic) bond motifs is 1. The van der Waals surface area contributed by atoms with E-state index in [1.165, 1.54) is 6.07 Å². The highest BCUT2D eigenvalue weighted by Gasteiger charge is 2.10. The van der Waals surface area contributed by atoms with Crippen LogP contribution in [0.15, 0.2) is 42.6 Å². The van der Waals surface area contributed by atoms with Crippen molar-refractivity contribution in [2.24, 2.45) is 0 Å². The third kappa shape index (κ3) is 3.22. The largest absolute Gasteiger partial charge is 0.497 e. The van der Waals surface area contributed by atoms with Gasteiger partial charge in [-0.3, -0.25) is 4.79 Å². The van der Waals surface area contributed by atoms with Crippen LogP contribution in [0.3, 0.4) is 0 Å². The lowest BCUT2D eigenvalue weighted by atomic mass is 10.1. The van der Waals surface area contributed by atoms with Crippen LogP contribution in [0.2, 0.25) is 0 Å². The van der Waals surface area contributed by atoms with E-state index in [2.05, 4.69) is 10.3 Å². The maximum Gasteiger partial charge on any atom is 0.251 e. The van der Waals surface area contributed by atoms with E-state index >= 15 is 0 Å². The number of hydrogen-bond acceptors (Lipinski definition) is 2. The van der Waals surface area contributed by atoms with E-state index in [0.717, 1.165) is 34.3 Å². The number of H-pyrrole nitrogens is 1. The summed E-state index contributed by atoms with van der Waals surface area (Å²) in [5, 5.41) is 3.73. The van der Waals surface area contributed by atoms with E-state index in [9.17, 15) is 13.6 Å². The molecule has 0 radical (unpaired) electrons. The minimum atomic E-state index is -1.04. The van der Waals surface area contributed by atoms with Crippen LogP contribution in [0.4, 0.5) is 8.78 Å². The molecule has 0 unspecified atom stereocenters. The highest BCUT2D eigenvalue weighted by molar-refractivity contribution is 5.94. The number of carbonyl (C=O) groups excluding carboxylic acids is 1. The minimum Gasteiger partial charge on any atom is -0.497 e. The van der Waals surface area contributed by atoms with Crippen molar-refractivity contribution in [1.29, 1.82) is 0 Å². The molecule has 1 aromatic heterocycles. The molecule has 3 rings (SSSR count). The van der Waals surface area contributed by atoms with Gasteiger partial charge >= 0.3 is 0 Å². The molecule has 1 heterocycles. The van der Waals surface area contributed by atoms with E-state index in [4.69, 9.17) is 4.74 Å². The third-order valence-electron chi connectivity index (χ3n) is 3.84. The van der Waals surface area contributed by atoms with Crippen LogP contribution in [0.5, 0.6) is 5.75 Å². The summed E-state index contributed by atoms with van der Waals surface area (Å²) in [5.41, 5.74) is 2.11. The number of halogens is 2. The van der Waals surface area contributed by atoms with Gasteiger partial charge in [0.25, 0.3) is 5.91 Å². The summed E-state index contributed by atoms with van der Waals surface area (Å²) >= 11 is 0. The van der Waals surface area contributed by atoms with Gasteiger partial charge in [0.1, 0.15) is 5.75 Å². The summed E-state index contributed by atoms with van der Waals surface area (Å²) in [7, 11) is 1.61. The summed E-state index contributed by atoms with van der Waals surface area (Å²) in [6, 6.07) is 8.81. The van der Waals surface area contributed by atoms with Crippen molar-refractivity contribution in [3.05, 3.63) is 65.4 Å². The summed E-state index contributed by atoms with van der Waals surface area (Å²) in [4.78, 5) is 15.1. The fourth-order valence-electron chi connectivity index (χ4n) is 2.54. The van der Waals surface area contributed by atoms with Crippen LogP contribution in [0.25, 0.3) is 10.9 Å². The zero-order valence-electron chi connectivity index (χ0n) is 13.0. The third-order valence-corrected chi connectivity index (χ3v) is 3.84. The number of hydrogen-bond donors (Lipinski definition) is 2. The van der Waals surface area contributed by atoms with Gasteiger partial charge in [0.05, 0.1) is 7.11 Å². The molecular weight excluding hydrogens is 314 g/mol. The predicted molar refractivity (Wildman–Crippen MR) is 87.2 cm³/mol. The molecule has 3 aromatic rings. The van der Waals surface area contributed by atoms with Crippen LogP contribution >= 0.6 is 0 Å². The summed E-state index contributed by atoms with van der Waals surface area (Å²) in [6.45, 7) is 0.377. The van der Waals surface area contributed by atoms with Crippen molar-refractivity contribution in [2.75, 3.05) is 13.7 Å². The first kappa shape index (κ1) is 16.0. The van der Waals surface area contributed by atoms with Crippen LogP contribution in [0.1, 0.15) is 15.9 Å². The van der Waals surface area contributed by atoms with Crippen LogP contribution in [0, 0.1) is 11.6 Å². The number of ether oxygens (including phenoxy) is 1. The fraction of sp³-hybridized carbons (Fsp3) is 0.167. The highest BCUT2D eigenvalue weighted by Crippen LogP contribution is 2.23. The lowest BCUT2D eigenvalue weighted by Gasteiger charge is -2.06. The van der Waals surface area contributed by atoms with E-state index < -0.39 is 17.5 Å². The molecule has 0 saturated carbocycles. The molecule has 24 heavy (non-hydrogen) atoms. The molecule has 0 saturated heterocycles. The van der Waals surface area contributed by atoms with Gasteiger partial charge in [-0.25, -0.2) is 8.78 Å². The lowest BCUT2D eigenvalue weighted by Crippen LogP contribution is -2.25. The quantitative estimate of drug-likeness (QED) is 0.753. The van der Waals surface area contributed by atoms with Gasteiger partial charge in [0.2, 0.25) is 0 Å². The van der Waals surface area contributed by atoms with Crippen LogP contribution < -0.4 is 10.1 Å². The normalized spacial score (nSPS) is 10.8. The maximum atomic E-state index is 13.2. The van der Waals surface area contributed by atoms with Gasteiger partial charge in [0.15, 0.2) is 11.6 Å². The Hall–Kier alpha value is -2.89. The smallest absolute Gasteiger partial charge is 0.251 e. The molecular formula is C18H16F2N2O2. The number of amides is 1. The van der Waals surface area contributed by atoms with Crippen molar-refractivity contribution in [3.8, 4) is 5.75 Å². The number of rotatable bonds is 5. The molecule has 6 heteroatoms. The van der Waals surface area contributed by atoms with Crippen molar-refractivity contribution < 1.29 is 18.3 Å².